The number of likely N-dealkylation sites (tertiary alicyclic amines) is 1. The van der Waals surface area contributed by atoms with E-state index >= 15 is 0 Å². The molecule has 0 radical (unpaired) electrons. The number of anilines is 1. The summed E-state index contributed by atoms with van der Waals surface area (Å²) in [7, 11) is 1.80. The van der Waals surface area contributed by atoms with Crippen molar-refractivity contribution < 1.29 is 8.78 Å². The average molecular weight is 379 g/mol. The van der Waals surface area contributed by atoms with Gasteiger partial charge in [-0.05, 0) is 44.0 Å². The predicted octanol–water partition coefficient (Wildman–Crippen LogP) is 2.39. The summed E-state index contributed by atoms with van der Waals surface area (Å²) in [6, 6.07) is 3.63. The van der Waals surface area contributed by atoms with E-state index in [1.165, 1.54) is 38.1 Å². The summed E-state index contributed by atoms with van der Waals surface area (Å²) in [6.07, 6.45) is 2.44. The fourth-order valence-electron chi connectivity index (χ4n) is 4.05. The Morgan fingerprint density at radius 1 is 1.19 bits per heavy atom. The molecule has 27 heavy (non-hydrogen) atoms. The van der Waals surface area contributed by atoms with Gasteiger partial charge in [-0.1, -0.05) is 6.92 Å². The molecule has 150 valence electrons. The molecule has 1 N–H and O–H groups in total. The molecule has 2 fully saturated rings. The van der Waals surface area contributed by atoms with E-state index in [1.807, 2.05) is 4.90 Å². The molecule has 3 rings (SSSR count). The molecule has 2 heterocycles. The fraction of sp³-hybridized carbons (Fsp3) is 0.650. The molecule has 1 aromatic rings. The van der Waals surface area contributed by atoms with Crippen LogP contribution < -0.4 is 10.2 Å². The van der Waals surface area contributed by atoms with Gasteiger partial charge in [-0.25, -0.2) is 8.78 Å². The second-order valence-electron chi connectivity index (χ2n) is 7.45. The Morgan fingerprint density at radius 2 is 1.96 bits per heavy atom. The van der Waals surface area contributed by atoms with Crippen LogP contribution >= 0.6 is 0 Å². The van der Waals surface area contributed by atoms with Crippen molar-refractivity contribution in [2.24, 2.45) is 10.9 Å². The van der Waals surface area contributed by atoms with Crippen LogP contribution in [-0.4, -0.2) is 75.2 Å². The van der Waals surface area contributed by atoms with Crippen molar-refractivity contribution in [1.29, 1.82) is 0 Å². The van der Waals surface area contributed by atoms with Crippen molar-refractivity contribution in [1.82, 2.24) is 15.1 Å². The molecule has 2 aliphatic rings. The first kappa shape index (κ1) is 19.9. The number of rotatable bonds is 5. The van der Waals surface area contributed by atoms with E-state index < -0.39 is 5.82 Å². The van der Waals surface area contributed by atoms with E-state index in [0.717, 1.165) is 38.2 Å². The molecule has 0 aliphatic carbocycles. The number of halogens is 2. The van der Waals surface area contributed by atoms with Gasteiger partial charge in [0.05, 0.1) is 5.69 Å². The Kier molecular flexibility index (Phi) is 6.88. The van der Waals surface area contributed by atoms with Gasteiger partial charge in [-0.2, -0.15) is 0 Å². The Bertz CT molecular complexity index is 643. The third-order valence-electron chi connectivity index (χ3n) is 5.50. The molecule has 1 unspecified atom stereocenters. The first-order valence-electron chi connectivity index (χ1n) is 9.98. The SMILES string of the molecule is CCCN1CCC(CNC(=NC)N2CCN(c3cc(F)ccc3F)CC2)C1. The summed E-state index contributed by atoms with van der Waals surface area (Å²) in [5, 5.41) is 3.52. The van der Waals surface area contributed by atoms with Crippen molar-refractivity contribution in [3.8, 4) is 0 Å². The number of piperazine rings is 1. The summed E-state index contributed by atoms with van der Waals surface area (Å²) < 4.78 is 27.4. The van der Waals surface area contributed by atoms with Crippen LogP contribution in [0.5, 0.6) is 0 Å². The van der Waals surface area contributed by atoms with E-state index in [-0.39, 0.29) is 5.82 Å². The molecular weight excluding hydrogens is 348 g/mol. The Labute approximate surface area is 161 Å². The smallest absolute Gasteiger partial charge is 0.193 e. The van der Waals surface area contributed by atoms with Gasteiger partial charge in [0.1, 0.15) is 11.6 Å². The number of benzene rings is 1. The lowest BCUT2D eigenvalue weighted by atomic mass is 10.1. The van der Waals surface area contributed by atoms with Gasteiger partial charge in [0, 0.05) is 52.4 Å². The zero-order chi connectivity index (χ0) is 19.2. The van der Waals surface area contributed by atoms with Crippen LogP contribution in [0.4, 0.5) is 14.5 Å². The maximum atomic E-state index is 14.0. The van der Waals surface area contributed by atoms with Crippen molar-refractivity contribution >= 4 is 11.6 Å². The Hall–Kier alpha value is -1.89. The maximum absolute atomic E-state index is 14.0. The lowest BCUT2D eigenvalue weighted by Crippen LogP contribution is -2.53. The van der Waals surface area contributed by atoms with Crippen LogP contribution in [0.15, 0.2) is 23.2 Å². The molecule has 2 saturated heterocycles. The topological polar surface area (TPSA) is 34.1 Å². The van der Waals surface area contributed by atoms with Gasteiger partial charge < -0.3 is 20.0 Å². The Morgan fingerprint density at radius 3 is 2.67 bits per heavy atom. The summed E-state index contributed by atoms with van der Waals surface area (Å²) in [6.45, 7) is 9.47. The van der Waals surface area contributed by atoms with Crippen LogP contribution in [0.1, 0.15) is 19.8 Å². The van der Waals surface area contributed by atoms with Crippen LogP contribution in [0, 0.1) is 17.6 Å². The standard InChI is InChI=1S/C20H31F2N5/c1-3-7-25-8-6-16(15-25)14-24-20(23-2)27-11-9-26(10-12-27)19-13-17(21)4-5-18(19)22/h4-5,13,16H,3,6-12,14-15H2,1-2H3,(H,23,24). The molecule has 0 amide bonds. The molecule has 0 bridgehead atoms. The number of nitrogens with zero attached hydrogens (tertiary/aromatic N) is 4. The van der Waals surface area contributed by atoms with Crippen molar-refractivity contribution in [3.63, 3.8) is 0 Å². The molecule has 7 heteroatoms. The zero-order valence-corrected chi connectivity index (χ0v) is 16.4. The minimum Gasteiger partial charge on any atom is -0.366 e. The molecule has 2 aliphatic heterocycles. The number of hydrogen-bond donors (Lipinski definition) is 1. The highest BCUT2D eigenvalue weighted by Gasteiger charge is 2.25. The quantitative estimate of drug-likeness (QED) is 0.629. The normalized spacial score (nSPS) is 21.8. The van der Waals surface area contributed by atoms with E-state index in [9.17, 15) is 8.78 Å². The van der Waals surface area contributed by atoms with Gasteiger partial charge in [-0.15, -0.1) is 0 Å². The van der Waals surface area contributed by atoms with Gasteiger partial charge in [-0.3, -0.25) is 4.99 Å². The minimum absolute atomic E-state index is 0.347. The summed E-state index contributed by atoms with van der Waals surface area (Å²) in [5.41, 5.74) is 0.347. The van der Waals surface area contributed by atoms with Crippen LogP contribution in [0.3, 0.4) is 0 Å². The second-order valence-corrected chi connectivity index (χ2v) is 7.45. The molecule has 5 nitrogen and oxygen atoms in total. The monoisotopic (exact) mass is 379 g/mol. The van der Waals surface area contributed by atoms with Crippen LogP contribution in [-0.2, 0) is 0 Å². The van der Waals surface area contributed by atoms with Crippen molar-refractivity contribution in [2.45, 2.75) is 19.8 Å². The lowest BCUT2D eigenvalue weighted by molar-refractivity contribution is 0.322. The molecular formula is C20H31F2N5. The molecule has 0 spiro atoms. The Balaban J connectivity index is 1.48. The van der Waals surface area contributed by atoms with E-state index in [0.29, 0.717) is 24.7 Å². The average Bonchev–Trinajstić information content (AvgIpc) is 3.13. The summed E-state index contributed by atoms with van der Waals surface area (Å²) in [4.78, 5) is 11.1. The lowest BCUT2D eigenvalue weighted by Gasteiger charge is -2.38. The van der Waals surface area contributed by atoms with Gasteiger partial charge in [0.15, 0.2) is 5.96 Å². The van der Waals surface area contributed by atoms with E-state index in [1.54, 1.807) is 7.05 Å². The second kappa shape index (κ2) is 9.35. The fourth-order valence-corrected chi connectivity index (χ4v) is 4.05. The van der Waals surface area contributed by atoms with Crippen LogP contribution in [0.25, 0.3) is 0 Å². The molecule has 0 aromatic heterocycles. The van der Waals surface area contributed by atoms with E-state index in [2.05, 4.69) is 27.0 Å². The molecule has 1 atom stereocenters. The first-order valence-corrected chi connectivity index (χ1v) is 9.98. The molecule has 0 saturated carbocycles. The summed E-state index contributed by atoms with van der Waals surface area (Å²) in [5.74, 6) is 0.796. The van der Waals surface area contributed by atoms with Gasteiger partial charge >= 0.3 is 0 Å². The third-order valence-corrected chi connectivity index (χ3v) is 5.50. The summed E-state index contributed by atoms with van der Waals surface area (Å²) >= 11 is 0. The highest BCUT2D eigenvalue weighted by Crippen LogP contribution is 2.22. The van der Waals surface area contributed by atoms with Crippen molar-refractivity contribution in [2.75, 3.05) is 64.3 Å². The number of guanidine groups is 1. The third kappa shape index (κ3) is 5.09. The predicted molar refractivity (Wildman–Crippen MR) is 106 cm³/mol. The minimum atomic E-state index is -0.403. The maximum Gasteiger partial charge on any atom is 0.193 e. The first-order chi connectivity index (χ1) is 13.1. The van der Waals surface area contributed by atoms with E-state index in [4.69, 9.17) is 0 Å². The van der Waals surface area contributed by atoms with Gasteiger partial charge in [0.25, 0.3) is 0 Å². The number of nitrogens with one attached hydrogen (secondary N) is 1. The molecule has 1 aromatic carbocycles. The zero-order valence-electron chi connectivity index (χ0n) is 16.4. The van der Waals surface area contributed by atoms with Gasteiger partial charge in [0.2, 0.25) is 0 Å². The van der Waals surface area contributed by atoms with Crippen molar-refractivity contribution in [3.05, 3.63) is 29.8 Å². The number of aliphatic imine (C=N–C) groups is 1. The van der Waals surface area contributed by atoms with Crippen LogP contribution in [0.2, 0.25) is 0 Å². The highest BCUT2D eigenvalue weighted by atomic mass is 19.1. The largest absolute Gasteiger partial charge is 0.366 e. The number of hydrogen-bond acceptors (Lipinski definition) is 3. The highest BCUT2D eigenvalue weighted by molar-refractivity contribution is 5.80.